The molecule has 0 saturated carbocycles. The van der Waals surface area contributed by atoms with Crippen LogP contribution in [0.1, 0.15) is 68.6 Å². The number of imidazole rings is 1. The van der Waals surface area contributed by atoms with E-state index in [9.17, 15) is 9.59 Å². The summed E-state index contributed by atoms with van der Waals surface area (Å²) in [5, 5.41) is 2.92. The third-order valence-electron chi connectivity index (χ3n) is 3.72. The molecule has 0 unspecified atom stereocenters. The molecule has 25 heavy (non-hydrogen) atoms. The Kier molecular flexibility index (Phi) is 5.82. The summed E-state index contributed by atoms with van der Waals surface area (Å²) in [6.07, 6.45) is 3.54. The highest BCUT2D eigenvalue weighted by Gasteiger charge is 2.26. The Morgan fingerprint density at radius 1 is 1.16 bits per heavy atom. The minimum Gasteiger partial charge on any atom is -0.346 e. The average Bonchev–Trinajstić information content (AvgIpc) is 2.92. The first-order valence-electron chi connectivity index (χ1n) is 8.87. The van der Waals surface area contributed by atoms with Crippen LogP contribution in [0.2, 0.25) is 0 Å². The molecule has 1 N–H and O–H groups in total. The lowest BCUT2D eigenvalue weighted by molar-refractivity contribution is 0.0742. The second-order valence-corrected chi connectivity index (χ2v) is 7.24. The molecular formula is C19H28N4O2. The second kappa shape index (κ2) is 7.68. The SMILES string of the molecule is CCCN(CCC)C(=O)c1nc(C(=O)NC(C)(C)C)c2ccccn12. The van der Waals surface area contributed by atoms with Gasteiger partial charge in [-0.3, -0.25) is 14.0 Å². The van der Waals surface area contributed by atoms with Crippen LogP contribution in [0.15, 0.2) is 24.4 Å². The minimum atomic E-state index is -0.373. The van der Waals surface area contributed by atoms with Crippen molar-refractivity contribution in [3.63, 3.8) is 0 Å². The fourth-order valence-electron chi connectivity index (χ4n) is 2.75. The van der Waals surface area contributed by atoms with Crippen LogP contribution >= 0.6 is 0 Å². The maximum atomic E-state index is 13.0. The molecule has 0 radical (unpaired) electrons. The van der Waals surface area contributed by atoms with Crippen LogP contribution in [0.3, 0.4) is 0 Å². The zero-order valence-electron chi connectivity index (χ0n) is 15.8. The lowest BCUT2D eigenvalue weighted by atomic mass is 10.1. The summed E-state index contributed by atoms with van der Waals surface area (Å²) in [6, 6.07) is 5.49. The molecule has 0 saturated heterocycles. The van der Waals surface area contributed by atoms with Gasteiger partial charge in [0.15, 0.2) is 5.69 Å². The predicted octanol–water partition coefficient (Wildman–Crippen LogP) is 3.12. The predicted molar refractivity (Wildman–Crippen MR) is 98.9 cm³/mol. The topological polar surface area (TPSA) is 66.7 Å². The number of carbonyl (C=O) groups is 2. The molecule has 6 heteroatoms. The summed E-state index contributed by atoms with van der Waals surface area (Å²) >= 11 is 0. The van der Waals surface area contributed by atoms with Crippen molar-refractivity contribution >= 4 is 17.3 Å². The van der Waals surface area contributed by atoms with Crippen LogP contribution < -0.4 is 5.32 Å². The molecule has 2 heterocycles. The van der Waals surface area contributed by atoms with Crippen LogP contribution in [0.5, 0.6) is 0 Å². The van der Waals surface area contributed by atoms with Gasteiger partial charge >= 0.3 is 0 Å². The standard InChI is InChI=1S/C19H28N4O2/c1-6-11-22(12-7-2)18(25)16-20-15(17(24)21-19(3,4)5)14-10-8-9-13-23(14)16/h8-10,13H,6-7,11-12H2,1-5H3,(H,21,24). The number of fused-ring (bicyclic) bond motifs is 1. The Hall–Kier alpha value is -2.37. The minimum absolute atomic E-state index is 0.139. The molecule has 6 nitrogen and oxygen atoms in total. The molecule has 0 atom stereocenters. The van der Waals surface area contributed by atoms with Crippen molar-refractivity contribution in [1.82, 2.24) is 19.6 Å². The van der Waals surface area contributed by atoms with Gasteiger partial charge in [-0.2, -0.15) is 0 Å². The lowest BCUT2D eigenvalue weighted by Gasteiger charge is -2.20. The highest BCUT2D eigenvalue weighted by atomic mass is 16.2. The van der Waals surface area contributed by atoms with Gasteiger partial charge in [0, 0.05) is 24.8 Å². The fraction of sp³-hybridized carbons (Fsp3) is 0.526. The van der Waals surface area contributed by atoms with E-state index in [0.29, 0.717) is 18.6 Å². The van der Waals surface area contributed by atoms with Crippen molar-refractivity contribution in [2.24, 2.45) is 0 Å². The van der Waals surface area contributed by atoms with Crippen LogP contribution in [0.25, 0.3) is 5.52 Å². The zero-order valence-corrected chi connectivity index (χ0v) is 15.8. The Morgan fingerprint density at radius 3 is 2.36 bits per heavy atom. The fourth-order valence-corrected chi connectivity index (χ4v) is 2.75. The number of pyridine rings is 1. The monoisotopic (exact) mass is 344 g/mol. The van der Waals surface area contributed by atoms with Gasteiger partial charge < -0.3 is 10.2 Å². The van der Waals surface area contributed by atoms with E-state index in [2.05, 4.69) is 10.3 Å². The number of hydrogen-bond donors (Lipinski definition) is 1. The van der Waals surface area contributed by atoms with E-state index in [1.165, 1.54) is 0 Å². The summed E-state index contributed by atoms with van der Waals surface area (Å²) in [4.78, 5) is 31.8. The average molecular weight is 344 g/mol. The third-order valence-corrected chi connectivity index (χ3v) is 3.72. The van der Waals surface area contributed by atoms with Crippen molar-refractivity contribution < 1.29 is 9.59 Å². The molecule has 0 aromatic carbocycles. The molecule has 136 valence electrons. The van der Waals surface area contributed by atoms with Gasteiger partial charge in [-0.25, -0.2) is 4.98 Å². The van der Waals surface area contributed by atoms with Gasteiger partial charge in [0.25, 0.3) is 11.8 Å². The molecule has 2 rings (SSSR count). The van der Waals surface area contributed by atoms with Gasteiger partial charge in [0.1, 0.15) is 0 Å². The normalized spacial score (nSPS) is 11.6. The van der Waals surface area contributed by atoms with Crippen LogP contribution in [0, 0.1) is 0 Å². The summed E-state index contributed by atoms with van der Waals surface area (Å²) in [5.41, 5.74) is 0.551. The Labute approximate surface area is 149 Å². The number of amides is 2. The largest absolute Gasteiger partial charge is 0.346 e. The smallest absolute Gasteiger partial charge is 0.290 e. The quantitative estimate of drug-likeness (QED) is 0.875. The van der Waals surface area contributed by atoms with E-state index in [4.69, 9.17) is 0 Å². The highest BCUT2D eigenvalue weighted by Crippen LogP contribution is 2.16. The molecule has 0 aliphatic heterocycles. The number of hydrogen-bond acceptors (Lipinski definition) is 3. The molecule has 0 aliphatic rings. The van der Waals surface area contributed by atoms with Crippen molar-refractivity contribution in [3.8, 4) is 0 Å². The van der Waals surface area contributed by atoms with Crippen molar-refractivity contribution in [3.05, 3.63) is 35.9 Å². The second-order valence-electron chi connectivity index (χ2n) is 7.24. The molecule has 2 aromatic heterocycles. The van der Waals surface area contributed by atoms with Gasteiger partial charge in [-0.05, 0) is 45.7 Å². The Morgan fingerprint density at radius 2 is 1.80 bits per heavy atom. The summed E-state index contributed by atoms with van der Waals surface area (Å²) in [6.45, 7) is 11.2. The van der Waals surface area contributed by atoms with E-state index in [0.717, 1.165) is 12.8 Å². The van der Waals surface area contributed by atoms with Gasteiger partial charge in [0.2, 0.25) is 5.82 Å². The van der Waals surface area contributed by atoms with Crippen molar-refractivity contribution in [2.45, 2.75) is 53.0 Å². The highest BCUT2D eigenvalue weighted by molar-refractivity contribution is 6.02. The molecule has 0 bridgehead atoms. The number of nitrogens with zero attached hydrogens (tertiary/aromatic N) is 3. The van der Waals surface area contributed by atoms with E-state index in [-0.39, 0.29) is 28.9 Å². The van der Waals surface area contributed by atoms with E-state index < -0.39 is 0 Å². The van der Waals surface area contributed by atoms with E-state index >= 15 is 0 Å². The van der Waals surface area contributed by atoms with Gasteiger partial charge in [0.05, 0.1) is 5.52 Å². The summed E-state index contributed by atoms with van der Waals surface area (Å²) in [7, 11) is 0. The Balaban J connectivity index is 2.48. The number of nitrogens with one attached hydrogen (secondary N) is 1. The Bertz CT molecular complexity index is 752. The first kappa shape index (κ1) is 19.0. The molecule has 0 fully saturated rings. The molecular weight excluding hydrogens is 316 g/mol. The van der Waals surface area contributed by atoms with Gasteiger partial charge in [-0.15, -0.1) is 0 Å². The molecule has 2 aromatic rings. The summed E-state index contributed by atoms with van der Waals surface area (Å²) in [5.74, 6) is -0.121. The van der Waals surface area contributed by atoms with Crippen molar-refractivity contribution in [1.29, 1.82) is 0 Å². The first-order chi connectivity index (χ1) is 11.8. The van der Waals surface area contributed by atoms with Crippen LogP contribution in [0.4, 0.5) is 0 Å². The summed E-state index contributed by atoms with van der Waals surface area (Å²) < 4.78 is 1.71. The first-order valence-corrected chi connectivity index (χ1v) is 8.87. The lowest BCUT2D eigenvalue weighted by Crippen LogP contribution is -2.40. The maximum absolute atomic E-state index is 13.0. The third kappa shape index (κ3) is 4.38. The van der Waals surface area contributed by atoms with E-state index in [1.807, 2.05) is 52.8 Å². The number of carbonyl (C=O) groups excluding carboxylic acids is 2. The molecule has 2 amide bonds. The molecule has 0 aliphatic carbocycles. The van der Waals surface area contributed by atoms with Crippen molar-refractivity contribution in [2.75, 3.05) is 13.1 Å². The zero-order chi connectivity index (χ0) is 18.6. The van der Waals surface area contributed by atoms with Crippen LogP contribution in [-0.2, 0) is 0 Å². The maximum Gasteiger partial charge on any atom is 0.290 e. The van der Waals surface area contributed by atoms with Gasteiger partial charge in [-0.1, -0.05) is 19.9 Å². The number of rotatable bonds is 6. The number of aromatic nitrogens is 2. The van der Waals surface area contributed by atoms with E-state index in [1.54, 1.807) is 15.5 Å². The van der Waals surface area contributed by atoms with Crippen LogP contribution in [-0.4, -0.2) is 44.7 Å². The molecule has 0 spiro atoms.